The number of hydrogen-bond donors (Lipinski definition) is 2. The number of hydrogen-bond acceptors (Lipinski definition) is 3. The molecule has 1 amide bonds. The highest BCUT2D eigenvalue weighted by Crippen LogP contribution is 2.22. The van der Waals surface area contributed by atoms with Crippen LogP contribution in [-0.2, 0) is 0 Å². The number of aromatic amines is 2. The third-order valence-corrected chi connectivity index (χ3v) is 4.91. The second kappa shape index (κ2) is 7.03. The van der Waals surface area contributed by atoms with E-state index < -0.39 is 11.1 Å². The molecule has 1 aliphatic carbocycles. The van der Waals surface area contributed by atoms with Gasteiger partial charge in [0, 0.05) is 18.7 Å². The van der Waals surface area contributed by atoms with Gasteiger partial charge < -0.3 is 14.9 Å². The van der Waals surface area contributed by atoms with Gasteiger partial charge in [-0.1, -0.05) is 32.1 Å². The van der Waals surface area contributed by atoms with E-state index in [1.807, 2.05) is 11.9 Å². The van der Waals surface area contributed by atoms with E-state index in [9.17, 15) is 14.4 Å². The van der Waals surface area contributed by atoms with Crippen molar-refractivity contribution in [3.05, 3.63) is 44.5 Å². The van der Waals surface area contributed by atoms with E-state index in [0.29, 0.717) is 16.6 Å². The predicted octanol–water partition coefficient (Wildman–Crippen LogP) is 2.40. The molecule has 1 fully saturated rings. The number of H-pyrrole nitrogens is 2. The molecule has 2 aromatic rings. The smallest absolute Gasteiger partial charge is 0.314 e. The highest BCUT2D eigenvalue weighted by Gasteiger charge is 2.22. The average molecular weight is 329 g/mol. The Morgan fingerprint density at radius 2 is 1.54 bits per heavy atom. The van der Waals surface area contributed by atoms with Crippen molar-refractivity contribution in [2.45, 2.75) is 51.0 Å². The normalized spacial score (nSPS) is 16.5. The minimum absolute atomic E-state index is 0.0467. The van der Waals surface area contributed by atoms with E-state index in [-0.39, 0.29) is 11.9 Å². The standard InChI is InChI=1S/C18H23N3O3/c1-21(13-7-5-3-2-4-6-8-13)18(24)12-9-10-14-15(11-12)20-17(23)16(22)19-14/h9-11,13H,2-8H2,1H3,(H,19,22)(H,20,23). The number of nitrogens with one attached hydrogen (secondary N) is 2. The zero-order valence-electron chi connectivity index (χ0n) is 13.9. The Labute approximate surface area is 139 Å². The van der Waals surface area contributed by atoms with Crippen LogP contribution in [0.4, 0.5) is 0 Å². The summed E-state index contributed by atoms with van der Waals surface area (Å²) in [5.74, 6) is -0.0467. The van der Waals surface area contributed by atoms with Gasteiger partial charge in [0.15, 0.2) is 0 Å². The molecule has 6 heteroatoms. The van der Waals surface area contributed by atoms with Gasteiger partial charge in [0.2, 0.25) is 0 Å². The van der Waals surface area contributed by atoms with Crippen LogP contribution in [0.5, 0.6) is 0 Å². The van der Waals surface area contributed by atoms with Gasteiger partial charge in [-0.15, -0.1) is 0 Å². The molecule has 1 aromatic carbocycles. The van der Waals surface area contributed by atoms with Crippen LogP contribution in [0.15, 0.2) is 27.8 Å². The number of rotatable bonds is 2. The summed E-state index contributed by atoms with van der Waals surface area (Å²) in [5.41, 5.74) is 0.115. The minimum Gasteiger partial charge on any atom is -0.339 e. The summed E-state index contributed by atoms with van der Waals surface area (Å²) in [6, 6.07) is 5.25. The first-order valence-corrected chi connectivity index (χ1v) is 8.60. The number of carbonyl (C=O) groups is 1. The second-order valence-corrected chi connectivity index (χ2v) is 6.58. The van der Waals surface area contributed by atoms with Crippen molar-refractivity contribution in [2.75, 3.05) is 7.05 Å². The molecule has 3 rings (SSSR count). The number of amides is 1. The molecule has 0 unspecified atom stereocenters. The van der Waals surface area contributed by atoms with E-state index >= 15 is 0 Å². The van der Waals surface area contributed by atoms with Crippen molar-refractivity contribution in [1.82, 2.24) is 14.9 Å². The molecule has 1 aliphatic rings. The van der Waals surface area contributed by atoms with Gasteiger partial charge in [-0.25, -0.2) is 0 Å². The van der Waals surface area contributed by atoms with Crippen LogP contribution >= 0.6 is 0 Å². The fraction of sp³-hybridized carbons (Fsp3) is 0.500. The first kappa shape index (κ1) is 16.5. The number of benzene rings is 1. The molecule has 0 aliphatic heterocycles. The predicted molar refractivity (Wildman–Crippen MR) is 93.4 cm³/mol. The van der Waals surface area contributed by atoms with Gasteiger partial charge in [-0.3, -0.25) is 14.4 Å². The lowest BCUT2D eigenvalue weighted by molar-refractivity contribution is 0.0707. The summed E-state index contributed by atoms with van der Waals surface area (Å²) >= 11 is 0. The first-order chi connectivity index (χ1) is 11.6. The maximum Gasteiger partial charge on any atom is 0.314 e. The Morgan fingerprint density at radius 3 is 2.21 bits per heavy atom. The number of fused-ring (bicyclic) bond motifs is 1. The summed E-state index contributed by atoms with van der Waals surface area (Å²) < 4.78 is 0. The molecule has 1 heterocycles. The van der Waals surface area contributed by atoms with Crippen molar-refractivity contribution in [2.24, 2.45) is 0 Å². The zero-order chi connectivity index (χ0) is 17.1. The molecule has 6 nitrogen and oxygen atoms in total. The molecular formula is C18H23N3O3. The van der Waals surface area contributed by atoms with Crippen molar-refractivity contribution >= 4 is 16.9 Å². The van der Waals surface area contributed by atoms with E-state index in [1.165, 1.54) is 19.3 Å². The summed E-state index contributed by atoms with van der Waals surface area (Å²) in [5, 5.41) is 0. The van der Waals surface area contributed by atoms with Crippen molar-refractivity contribution in [3.8, 4) is 0 Å². The van der Waals surface area contributed by atoms with Crippen LogP contribution < -0.4 is 11.1 Å². The molecular weight excluding hydrogens is 306 g/mol. The van der Waals surface area contributed by atoms with E-state index in [0.717, 1.165) is 25.7 Å². The van der Waals surface area contributed by atoms with Crippen molar-refractivity contribution < 1.29 is 4.79 Å². The fourth-order valence-electron chi connectivity index (χ4n) is 3.44. The van der Waals surface area contributed by atoms with Crippen LogP contribution in [0.2, 0.25) is 0 Å². The molecule has 24 heavy (non-hydrogen) atoms. The van der Waals surface area contributed by atoms with Crippen LogP contribution in [-0.4, -0.2) is 33.9 Å². The number of aromatic nitrogens is 2. The lowest BCUT2D eigenvalue weighted by atomic mass is 9.95. The summed E-state index contributed by atoms with van der Waals surface area (Å²) in [4.78, 5) is 42.5. The number of nitrogens with zero attached hydrogens (tertiary/aromatic N) is 1. The highest BCUT2D eigenvalue weighted by atomic mass is 16.2. The van der Waals surface area contributed by atoms with Crippen LogP contribution in [0, 0.1) is 0 Å². The third-order valence-electron chi connectivity index (χ3n) is 4.91. The molecule has 0 saturated heterocycles. The lowest BCUT2D eigenvalue weighted by Gasteiger charge is -2.30. The SMILES string of the molecule is CN(C(=O)c1ccc2[nH]c(=O)c(=O)[nH]c2c1)C1CCCCCCC1. The maximum atomic E-state index is 12.8. The molecule has 2 N–H and O–H groups in total. The Morgan fingerprint density at radius 1 is 0.958 bits per heavy atom. The monoisotopic (exact) mass is 329 g/mol. The molecule has 0 spiro atoms. The van der Waals surface area contributed by atoms with E-state index in [4.69, 9.17) is 0 Å². The molecule has 128 valence electrons. The quantitative estimate of drug-likeness (QED) is 0.830. The van der Waals surface area contributed by atoms with Gasteiger partial charge in [0.05, 0.1) is 11.0 Å². The van der Waals surface area contributed by atoms with Gasteiger partial charge in [0.1, 0.15) is 0 Å². The topological polar surface area (TPSA) is 86.0 Å². The minimum atomic E-state index is -0.708. The van der Waals surface area contributed by atoms with E-state index in [1.54, 1.807) is 18.2 Å². The largest absolute Gasteiger partial charge is 0.339 e. The second-order valence-electron chi connectivity index (χ2n) is 6.58. The van der Waals surface area contributed by atoms with E-state index in [2.05, 4.69) is 9.97 Å². The lowest BCUT2D eigenvalue weighted by Crippen LogP contribution is -2.37. The Balaban J connectivity index is 1.85. The van der Waals surface area contributed by atoms with Gasteiger partial charge in [-0.2, -0.15) is 0 Å². The Bertz CT molecular complexity index is 844. The molecule has 1 aromatic heterocycles. The van der Waals surface area contributed by atoms with Gasteiger partial charge in [-0.05, 0) is 31.0 Å². The molecule has 0 atom stereocenters. The summed E-state index contributed by atoms with van der Waals surface area (Å²) in [7, 11) is 1.86. The molecule has 0 radical (unpaired) electrons. The summed E-state index contributed by atoms with van der Waals surface area (Å²) in [6.07, 6.45) is 8.18. The van der Waals surface area contributed by atoms with Crippen molar-refractivity contribution in [1.29, 1.82) is 0 Å². The van der Waals surface area contributed by atoms with Gasteiger partial charge in [0.25, 0.3) is 5.91 Å². The zero-order valence-corrected chi connectivity index (χ0v) is 13.9. The highest BCUT2D eigenvalue weighted by molar-refractivity contribution is 5.97. The maximum absolute atomic E-state index is 12.8. The third kappa shape index (κ3) is 3.42. The van der Waals surface area contributed by atoms with Crippen LogP contribution in [0.25, 0.3) is 11.0 Å². The summed E-state index contributed by atoms with van der Waals surface area (Å²) in [6.45, 7) is 0. The van der Waals surface area contributed by atoms with Gasteiger partial charge >= 0.3 is 11.1 Å². The first-order valence-electron chi connectivity index (χ1n) is 8.60. The average Bonchev–Trinajstić information content (AvgIpc) is 2.54. The molecule has 0 bridgehead atoms. The van der Waals surface area contributed by atoms with Crippen LogP contribution in [0.3, 0.4) is 0 Å². The Hall–Kier alpha value is -2.37. The van der Waals surface area contributed by atoms with Crippen molar-refractivity contribution in [3.63, 3.8) is 0 Å². The molecule has 1 saturated carbocycles. The Kier molecular flexibility index (Phi) is 4.83. The van der Waals surface area contributed by atoms with Crippen LogP contribution in [0.1, 0.15) is 55.3 Å². The fourth-order valence-corrected chi connectivity index (χ4v) is 3.44. The number of carbonyl (C=O) groups excluding carboxylic acids is 1.